The lowest BCUT2D eigenvalue weighted by atomic mass is 9.66. The number of benzene rings is 2. The molecule has 0 radical (unpaired) electrons. The summed E-state index contributed by atoms with van der Waals surface area (Å²) in [4.78, 5) is 12.5. The van der Waals surface area contributed by atoms with E-state index in [1.54, 1.807) is 24.3 Å². The SMILES string of the molecule is COc1ccc(COc2c(F)cc(C(=O)NC[C@]3(C)CC[C@](C)(C#N)CC3)c(F)c2F)cc1. The molecule has 1 N–H and O–H groups in total. The van der Waals surface area contributed by atoms with Crippen LogP contribution in [0.4, 0.5) is 13.2 Å². The lowest BCUT2D eigenvalue weighted by Crippen LogP contribution is -2.40. The van der Waals surface area contributed by atoms with Crippen LogP contribution in [-0.2, 0) is 6.61 Å². The van der Waals surface area contributed by atoms with Gasteiger partial charge in [0, 0.05) is 6.54 Å². The Morgan fingerprint density at radius 3 is 2.30 bits per heavy atom. The maximum absolute atomic E-state index is 14.6. The minimum atomic E-state index is -1.55. The smallest absolute Gasteiger partial charge is 0.254 e. The van der Waals surface area contributed by atoms with Crippen molar-refractivity contribution < 1.29 is 27.4 Å². The number of rotatable bonds is 7. The molecule has 1 saturated carbocycles. The highest BCUT2D eigenvalue weighted by molar-refractivity contribution is 5.94. The van der Waals surface area contributed by atoms with Crippen LogP contribution in [0.25, 0.3) is 0 Å². The number of halogens is 3. The summed E-state index contributed by atoms with van der Waals surface area (Å²) in [7, 11) is 1.51. The van der Waals surface area contributed by atoms with Crippen LogP contribution in [0.1, 0.15) is 55.5 Å². The molecular formula is C25H27F3N2O3. The van der Waals surface area contributed by atoms with Crippen molar-refractivity contribution in [2.45, 2.75) is 46.1 Å². The highest BCUT2D eigenvalue weighted by Crippen LogP contribution is 2.44. The van der Waals surface area contributed by atoms with Crippen molar-refractivity contribution in [3.05, 3.63) is 58.9 Å². The molecule has 33 heavy (non-hydrogen) atoms. The van der Waals surface area contributed by atoms with Crippen molar-refractivity contribution in [3.8, 4) is 17.6 Å². The molecule has 5 nitrogen and oxygen atoms in total. The first-order valence-corrected chi connectivity index (χ1v) is 10.7. The fourth-order valence-corrected chi connectivity index (χ4v) is 3.84. The van der Waals surface area contributed by atoms with Gasteiger partial charge >= 0.3 is 0 Å². The number of hydrogen-bond donors (Lipinski definition) is 1. The van der Waals surface area contributed by atoms with Crippen LogP contribution in [0.3, 0.4) is 0 Å². The molecule has 0 spiro atoms. The van der Waals surface area contributed by atoms with Crippen LogP contribution in [0, 0.1) is 39.6 Å². The fraction of sp³-hybridized carbons (Fsp3) is 0.440. The second kappa shape index (κ2) is 9.74. The van der Waals surface area contributed by atoms with Crippen molar-refractivity contribution in [1.29, 1.82) is 5.26 Å². The Bertz CT molecular complexity index is 1060. The van der Waals surface area contributed by atoms with E-state index >= 15 is 0 Å². The summed E-state index contributed by atoms with van der Waals surface area (Å²) in [5.41, 5.74) is -0.780. The highest BCUT2D eigenvalue weighted by Gasteiger charge is 2.38. The Hall–Kier alpha value is -3.21. The first kappa shape index (κ1) is 24.4. The molecule has 1 amide bonds. The molecule has 176 valence electrons. The van der Waals surface area contributed by atoms with Gasteiger partial charge < -0.3 is 14.8 Å². The quantitative estimate of drug-likeness (QED) is 0.552. The van der Waals surface area contributed by atoms with Crippen molar-refractivity contribution in [3.63, 3.8) is 0 Å². The van der Waals surface area contributed by atoms with E-state index in [1.165, 1.54) is 7.11 Å². The van der Waals surface area contributed by atoms with Gasteiger partial charge in [0.2, 0.25) is 5.82 Å². The summed E-state index contributed by atoms with van der Waals surface area (Å²) in [5, 5.41) is 11.9. The summed E-state index contributed by atoms with van der Waals surface area (Å²) >= 11 is 0. The zero-order valence-electron chi connectivity index (χ0n) is 18.9. The molecule has 0 bridgehead atoms. The molecular weight excluding hydrogens is 433 g/mol. The Labute approximate surface area is 191 Å². The molecule has 0 heterocycles. The molecule has 1 aliphatic rings. The summed E-state index contributed by atoms with van der Waals surface area (Å²) in [6.45, 7) is 3.90. The minimum absolute atomic E-state index is 0.192. The largest absolute Gasteiger partial charge is 0.497 e. The lowest BCUT2D eigenvalue weighted by Gasteiger charge is -2.39. The Morgan fingerprint density at radius 2 is 1.73 bits per heavy atom. The summed E-state index contributed by atoms with van der Waals surface area (Å²) < 4.78 is 53.8. The predicted octanol–water partition coefficient (Wildman–Crippen LogP) is 5.53. The summed E-state index contributed by atoms with van der Waals surface area (Å²) in [5.74, 6) is -5.36. The third-order valence-corrected chi connectivity index (χ3v) is 6.41. The molecule has 0 unspecified atom stereocenters. The monoisotopic (exact) mass is 460 g/mol. The Morgan fingerprint density at radius 1 is 1.09 bits per heavy atom. The first-order valence-electron chi connectivity index (χ1n) is 10.7. The molecule has 1 aliphatic carbocycles. The van der Waals surface area contributed by atoms with Gasteiger partial charge in [0.15, 0.2) is 17.4 Å². The topological polar surface area (TPSA) is 71.3 Å². The number of ether oxygens (including phenoxy) is 2. The molecule has 0 atom stereocenters. The van der Waals surface area contributed by atoms with Crippen molar-refractivity contribution >= 4 is 5.91 Å². The van der Waals surface area contributed by atoms with Crippen LogP contribution in [0.5, 0.6) is 11.5 Å². The van der Waals surface area contributed by atoms with Gasteiger partial charge in [0.1, 0.15) is 12.4 Å². The number of nitrogens with zero attached hydrogens (tertiary/aromatic N) is 1. The normalized spacial score (nSPS) is 22.3. The third kappa shape index (κ3) is 5.59. The van der Waals surface area contributed by atoms with Crippen LogP contribution >= 0.6 is 0 Å². The molecule has 0 aromatic heterocycles. The molecule has 2 aromatic carbocycles. The second-order valence-corrected chi connectivity index (χ2v) is 9.17. The lowest BCUT2D eigenvalue weighted by molar-refractivity contribution is 0.0885. The van der Waals surface area contributed by atoms with E-state index in [1.807, 2.05) is 13.8 Å². The van der Waals surface area contributed by atoms with Crippen molar-refractivity contribution in [1.82, 2.24) is 5.32 Å². The first-order chi connectivity index (χ1) is 15.6. The number of nitriles is 1. The van der Waals surface area contributed by atoms with E-state index < -0.39 is 34.7 Å². The van der Waals surface area contributed by atoms with Gasteiger partial charge in [-0.2, -0.15) is 9.65 Å². The van der Waals surface area contributed by atoms with Crippen LogP contribution in [0.15, 0.2) is 30.3 Å². The van der Waals surface area contributed by atoms with Gasteiger partial charge in [-0.25, -0.2) is 8.78 Å². The van der Waals surface area contributed by atoms with E-state index in [0.717, 1.165) is 0 Å². The third-order valence-electron chi connectivity index (χ3n) is 6.41. The second-order valence-electron chi connectivity index (χ2n) is 9.17. The maximum Gasteiger partial charge on any atom is 0.254 e. The molecule has 8 heteroatoms. The van der Waals surface area contributed by atoms with Crippen molar-refractivity contribution in [2.75, 3.05) is 13.7 Å². The fourth-order valence-electron chi connectivity index (χ4n) is 3.84. The standard InChI is InChI=1S/C25H27F3N2O3/c1-24(14-29)8-10-25(2,11-9-24)15-30-23(31)18-12-19(26)22(21(28)20(18)27)33-13-16-4-6-17(32-3)7-5-16/h4-7,12H,8-11,13,15H2,1-3H3,(H,30,31)/t24-,25+. The highest BCUT2D eigenvalue weighted by atomic mass is 19.2. The van der Waals surface area contributed by atoms with Gasteiger partial charge in [-0.3, -0.25) is 4.79 Å². The van der Waals surface area contributed by atoms with E-state index in [-0.39, 0.29) is 24.0 Å². The van der Waals surface area contributed by atoms with Crippen LogP contribution in [-0.4, -0.2) is 19.6 Å². The number of carbonyl (C=O) groups excluding carboxylic acids is 1. The number of hydrogen-bond acceptors (Lipinski definition) is 4. The summed E-state index contributed by atoms with van der Waals surface area (Å²) in [6, 6.07) is 9.59. The number of amides is 1. The van der Waals surface area contributed by atoms with E-state index in [0.29, 0.717) is 43.1 Å². The number of nitrogens with one attached hydrogen (secondary N) is 1. The minimum Gasteiger partial charge on any atom is -0.497 e. The zero-order chi connectivity index (χ0) is 24.2. The molecule has 3 rings (SSSR count). The van der Waals surface area contributed by atoms with Gasteiger partial charge in [-0.05, 0) is 61.8 Å². The Balaban J connectivity index is 1.66. The number of carbonyl (C=O) groups is 1. The predicted molar refractivity (Wildman–Crippen MR) is 116 cm³/mol. The zero-order valence-corrected chi connectivity index (χ0v) is 18.9. The number of methoxy groups -OCH3 is 1. The molecule has 1 fully saturated rings. The maximum atomic E-state index is 14.6. The van der Waals surface area contributed by atoms with Crippen LogP contribution in [0.2, 0.25) is 0 Å². The van der Waals surface area contributed by atoms with Crippen LogP contribution < -0.4 is 14.8 Å². The molecule has 0 aliphatic heterocycles. The average molecular weight is 460 g/mol. The summed E-state index contributed by atoms with van der Waals surface area (Å²) in [6.07, 6.45) is 2.79. The van der Waals surface area contributed by atoms with Gasteiger partial charge in [0.05, 0.1) is 24.2 Å². The van der Waals surface area contributed by atoms with Crippen molar-refractivity contribution in [2.24, 2.45) is 10.8 Å². The average Bonchev–Trinajstić information content (AvgIpc) is 2.82. The van der Waals surface area contributed by atoms with E-state index in [9.17, 15) is 23.2 Å². The van der Waals surface area contributed by atoms with Gasteiger partial charge in [-0.15, -0.1) is 0 Å². The molecule has 2 aromatic rings. The molecule has 0 saturated heterocycles. The van der Waals surface area contributed by atoms with E-state index in [4.69, 9.17) is 9.47 Å². The van der Waals surface area contributed by atoms with Gasteiger partial charge in [-0.1, -0.05) is 19.1 Å². The van der Waals surface area contributed by atoms with E-state index in [2.05, 4.69) is 11.4 Å². The van der Waals surface area contributed by atoms with Gasteiger partial charge in [0.25, 0.3) is 5.91 Å². The Kier molecular flexibility index (Phi) is 7.21.